The highest BCUT2D eigenvalue weighted by atomic mass is 16.5. The number of carbonyl (C=O) groups is 1. The molecule has 1 rings (SSSR count). The third-order valence-corrected chi connectivity index (χ3v) is 2.77. The summed E-state index contributed by atoms with van der Waals surface area (Å²) in [6.07, 6.45) is 0.452. The van der Waals surface area contributed by atoms with Crippen LogP contribution in [0, 0.1) is 6.92 Å². The monoisotopic (exact) mass is 235 g/mol. The molecule has 0 aliphatic heterocycles. The van der Waals surface area contributed by atoms with Crippen LogP contribution in [-0.4, -0.2) is 18.1 Å². The maximum absolute atomic E-state index is 11.8. The lowest BCUT2D eigenvalue weighted by Crippen LogP contribution is -2.41. The van der Waals surface area contributed by atoms with Gasteiger partial charge in [0.15, 0.2) is 6.10 Å². The molecule has 1 N–H and O–H groups in total. The number of rotatable bonds is 5. The molecule has 0 spiro atoms. The second-order valence-electron chi connectivity index (χ2n) is 4.34. The second kappa shape index (κ2) is 6.28. The number of carbonyl (C=O) groups excluding carboxylic acids is 1. The number of hydrogen-bond donors (Lipinski definition) is 1. The molecular formula is C14H21NO2. The Labute approximate surface area is 103 Å². The van der Waals surface area contributed by atoms with Gasteiger partial charge in [0, 0.05) is 6.04 Å². The smallest absolute Gasteiger partial charge is 0.260 e. The van der Waals surface area contributed by atoms with Crippen LogP contribution < -0.4 is 10.1 Å². The summed E-state index contributed by atoms with van der Waals surface area (Å²) in [6, 6.07) is 7.88. The zero-order valence-electron chi connectivity index (χ0n) is 11.0. The number of nitrogens with one attached hydrogen (secondary N) is 1. The summed E-state index contributed by atoms with van der Waals surface area (Å²) in [5.41, 5.74) is 1.04. The van der Waals surface area contributed by atoms with Gasteiger partial charge in [0.25, 0.3) is 5.91 Å². The Hall–Kier alpha value is -1.51. The van der Waals surface area contributed by atoms with Gasteiger partial charge in [0.2, 0.25) is 0 Å². The third-order valence-electron chi connectivity index (χ3n) is 2.77. The van der Waals surface area contributed by atoms with E-state index in [9.17, 15) is 4.79 Å². The molecule has 0 saturated heterocycles. The van der Waals surface area contributed by atoms with Crippen molar-refractivity contribution in [1.82, 2.24) is 5.32 Å². The van der Waals surface area contributed by atoms with E-state index >= 15 is 0 Å². The first kappa shape index (κ1) is 13.6. The Morgan fingerprint density at radius 1 is 1.35 bits per heavy atom. The van der Waals surface area contributed by atoms with Gasteiger partial charge in [-0.15, -0.1) is 0 Å². The van der Waals surface area contributed by atoms with Gasteiger partial charge >= 0.3 is 0 Å². The van der Waals surface area contributed by atoms with E-state index in [0.29, 0.717) is 0 Å². The van der Waals surface area contributed by atoms with Crippen LogP contribution in [0.3, 0.4) is 0 Å². The van der Waals surface area contributed by atoms with Crippen molar-refractivity contribution in [2.45, 2.75) is 46.3 Å². The van der Waals surface area contributed by atoms with Crippen LogP contribution in [-0.2, 0) is 4.79 Å². The summed E-state index contributed by atoms with van der Waals surface area (Å²) in [4.78, 5) is 11.8. The predicted octanol–water partition coefficient (Wildman–Crippen LogP) is 2.68. The van der Waals surface area contributed by atoms with Crippen molar-refractivity contribution in [2.24, 2.45) is 0 Å². The van der Waals surface area contributed by atoms with Gasteiger partial charge in [0.1, 0.15) is 5.75 Å². The predicted molar refractivity (Wildman–Crippen MR) is 69.2 cm³/mol. The lowest BCUT2D eigenvalue weighted by Gasteiger charge is -2.18. The Bertz CT molecular complexity index is 376. The van der Waals surface area contributed by atoms with Gasteiger partial charge in [-0.1, -0.05) is 25.1 Å². The zero-order valence-corrected chi connectivity index (χ0v) is 11.0. The minimum Gasteiger partial charge on any atom is -0.481 e. The van der Waals surface area contributed by atoms with E-state index in [1.807, 2.05) is 45.0 Å². The molecule has 94 valence electrons. The van der Waals surface area contributed by atoms with E-state index < -0.39 is 6.10 Å². The Morgan fingerprint density at radius 3 is 2.59 bits per heavy atom. The number of para-hydroxylation sites is 1. The number of amides is 1. The van der Waals surface area contributed by atoms with E-state index in [-0.39, 0.29) is 11.9 Å². The fraction of sp³-hybridized carbons (Fsp3) is 0.500. The molecule has 1 aromatic carbocycles. The lowest BCUT2D eigenvalue weighted by atomic mass is 10.2. The second-order valence-corrected chi connectivity index (χ2v) is 4.34. The molecule has 0 heterocycles. The standard InChI is InChI=1S/C14H21NO2/c1-5-11(3)15-14(16)12(4)17-13-9-7-6-8-10(13)2/h6-9,11-12H,5H2,1-4H3,(H,15,16)/t11-,12+/m0/s1. The van der Waals surface area contributed by atoms with Crippen molar-refractivity contribution in [3.63, 3.8) is 0 Å². The molecule has 1 amide bonds. The van der Waals surface area contributed by atoms with Crippen molar-refractivity contribution in [3.05, 3.63) is 29.8 Å². The van der Waals surface area contributed by atoms with Gasteiger partial charge in [-0.25, -0.2) is 0 Å². The number of aryl methyl sites for hydroxylation is 1. The van der Waals surface area contributed by atoms with E-state index in [2.05, 4.69) is 5.32 Å². The highest BCUT2D eigenvalue weighted by Crippen LogP contribution is 2.17. The molecule has 0 aromatic heterocycles. The summed E-state index contributed by atoms with van der Waals surface area (Å²) >= 11 is 0. The molecule has 1 aromatic rings. The van der Waals surface area contributed by atoms with Crippen molar-refractivity contribution in [3.8, 4) is 5.75 Å². The molecule has 3 heteroatoms. The minimum absolute atomic E-state index is 0.0670. The summed E-state index contributed by atoms with van der Waals surface area (Å²) in [5.74, 6) is 0.696. The summed E-state index contributed by atoms with van der Waals surface area (Å²) in [5, 5.41) is 2.91. The molecule has 0 saturated carbocycles. The summed E-state index contributed by atoms with van der Waals surface area (Å²) in [6.45, 7) is 7.76. The first-order valence-electron chi connectivity index (χ1n) is 6.07. The normalized spacial score (nSPS) is 13.9. The zero-order chi connectivity index (χ0) is 12.8. The molecule has 0 radical (unpaired) electrons. The molecule has 0 aliphatic rings. The average molecular weight is 235 g/mol. The lowest BCUT2D eigenvalue weighted by molar-refractivity contribution is -0.127. The average Bonchev–Trinajstić information content (AvgIpc) is 2.31. The van der Waals surface area contributed by atoms with E-state index in [1.165, 1.54) is 0 Å². The van der Waals surface area contributed by atoms with Gasteiger partial charge < -0.3 is 10.1 Å². The molecule has 0 aliphatic carbocycles. The molecule has 0 unspecified atom stereocenters. The third kappa shape index (κ3) is 4.10. The number of benzene rings is 1. The quantitative estimate of drug-likeness (QED) is 0.852. The SMILES string of the molecule is CC[C@H](C)NC(=O)[C@@H](C)Oc1ccccc1C. The van der Waals surface area contributed by atoms with Crippen LogP contribution in [0.4, 0.5) is 0 Å². The minimum atomic E-state index is -0.468. The number of hydrogen-bond acceptors (Lipinski definition) is 2. The van der Waals surface area contributed by atoms with E-state index in [4.69, 9.17) is 4.74 Å². The first-order chi connectivity index (χ1) is 8.04. The largest absolute Gasteiger partial charge is 0.481 e. The Morgan fingerprint density at radius 2 is 2.00 bits per heavy atom. The van der Waals surface area contributed by atoms with Crippen LogP contribution >= 0.6 is 0 Å². The highest BCUT2D eigenvalue weighted by Gasteiger charge is 2.16. The molecule has 3 nitrogen and oxygen atoms in total. The summed E-state index contributed by atoms with van der Waals surface area (Å²) < 4.78 is 5.64. The highest BCUT2D eigenvalue weighted by molar-refractivity contribution is 5.81. The van der Waals surface area contributed by atoms with Crippen LogP contribution in [0.5, 0.6) is 5.75 Å². The van der Waals surface area contributed by atoms with Gasteiger partial charge in [-0.3, -0.25) is 4.79 Å². The van der Waals surface area contributed by atoms with Gasteiger partial charge in [-0.05, 0) is 38.8 Å². The number of ether oxygens (including phenoxy) is 1. The molecule has 0 bridgehead atoms. The van der Waals surface area contributed by atoms with Crippen LogP contribution in [0.15, 0.2) is 24.3 Å². The maximum Gasteiger partial charge on any atom is 0.260 e. The Kier molecular flexibility index (Phi) is 5.01. The molecule has 0 fully saturated rings. The van der Waals surface area contributed by atoms with Crippen LogP contribution in [0.25, 0.3) is 0 Å². The van der Waals surface area contributed by atoms with Crippen molar-refractivity contribution < 1.29 is 9.53 Å². The summed E-state index contributed by atoms with van der Waals surface area (Å²) in [7, 11) is 0. The van der Waals surface area contributed by atoms with E-state index in [0.717, 1.165) is 17.7 Å². The van der Waals surface area contributed by atoms with Crippen LogP contribution in [0.2, 0.25) is 0 Å². The van der Waals surface area contributed by atoms with Crippen LogP contribution in [0.1, 0.15) is 32.8 Å². The van der Waals surface area contributed by atoms with Crippen molar-refractivity contribution >= 4 is 5.91 Å². The Balaban J connectivity index is 2.57. The maximum atomic E-state index is 11.8. The first-order valence-corrected chi connectivity index (χ1v) is 6.07. The van der Waals surface area contributed by atoms with Crippen molar-refractivity contribution in [2.75, 3.05) is 0 Å². The molecule has 17 heavy (non-hydrogen) atoms. The fourth-order valence-electron chi connectivity index (χ4n) is 1.39. The fourth-order valence-corrected chi connectivity index (χ4v) is 1.39. The van der Waals surface area contributed by atoms with Gasteiger partial charge in [-0.2, -0.15) is 0 Å². The van der Waals surface area contributed by atoms with Gasteiger partial charge in [0.05, 0.1) is 0 Å². The van der Waals surface area contributed by atoms with E-state index in [1.54, 1.807) is 6.92 Å². The molecule has 2 atom stereocenters. The van der Waals surface area contributed by atoms with Crippen molar-refractivity contribution in [1.29, 1.82) is 0 Å². The topological polar surface area (TPSA) is 38.3 Å². The molecular weight excluding hydrogens is 214 g/mol.